The molecule has 0 radical (unpaired) electrons. The number of nitrogens with zero attached hydrogens (tertiary/aromatic N) is 2. The molecule has 0 amide bonds. The lowest BCUT2D eigenvalue weighted by atomic mass is 10.1. The summed E-state index contributed by atoms with van der Waals surface area (Å²) in [5, 5.41) is 1.78. The summed E-state index contributed by atoms with van der Waals surface area (Å²) in [5.41, 5.74) is 3.16. The van der Waals surface area contributed by atoms with E-state index in [9.17, 15) is 0 Å². The monoisotopic (exact) mass is 259 g/mol. The molecule has 0 aliphatic carbocycles. The van der Waals surface area contributed by atoms with Crippen LogP contribution < -0.4 is 5.84 Å². The van der Waals surface area contributed by atoms with Gasteiger partial charge in [0.1, 0.15) is 0 Å². The Hall–Kier alpha value is -1.65. The highest BCUT2D eigenvalue weighted by Crippen LogP contribution is 2.19. The van der Waals surface area contributed by atoms with Gasteiger partial charge >= 0.3 is 0 Å². The highest BCUT2D eigenvalue weighted by Gasteiger charge is 2.17. The SMILES string of the molecule is C=C/C(=C\N(N)C1CCOCC1)c1cncc(C)c1. The summed E-state index contributed by atoms with van der Waals surface area (Å²) in [4.78, 5) is 4.20. The van der Waals surface area contributed by atoms with Gasteiger partial charge in [0.15, 0.2) is 0 Å². The predicted molar refractivity (Wildman–Crippen MR) is 77.0 cm³/mol. The highest BCUT2D eigenvalue weighted by molar-refractivity contribution is 5.72. The first-order valence-corrected chi connectivity index (χ1v) is 6.58. The number of allylic oxidation sites excluding steroid dienone is 2. The molecule has 0 bridgehead atoms. The van der Waals surface area contributed by atoms with E-state index in [-0.39, 0.29) is 0 Å². The Bertz CT molecular complexity index is 464. The van der Waals surface area contributed by atoms with E-state index >= 15 is 0 Å². The van der Waals surface area contributed by atoms with Crippen molar-refractivity contribution in [3.8, 4) is 0 Å². The van der Waals surface area contributed by atoms with Crippen molar-refractivity contribution in [1.29, 1.82) is 0 Å². The quantitative estimate of drug-likeness (QED) is 0.512. The Balaban J connectivity index is 2.15. The number of aromatic nitrogens is 1. The molecule has 1 aromatic rings. The van der Waals surface area contributed by atoms with Crippen molar-refractivity contribution in [2.75, 3.05) is 13.2 Å². The van der Waals surface area contributed by atoms with E-state index in [2.05, 4.69) is 17.6 Å². The lowest BCUT2D eigenvalue weighted by Gasteiger charge is -2.30. The first kappa shape index (κ1) is 13.8. The largest absolute Gasteiger partial charge is 0.381 e. The summed E-state index contributed by atoms with van der Waals surface area (Å²) in [7, 11) is 0. The number of pyridine rings is 1. The van der Waals surface area contributed by atoms with Crippen molar-refractivity contribution in [3.63, 3.8) is 0 Å². The number of aryl methyl sites for hydroxylation is 1. The summed E-state index contributed by atoms with van der Waals surface area (Å²) in [6.07, 6.45) is 9.35. The summed E-state index contributed by atoms with van der Waals surface area (Å²) in [5.74, 6) is 6.13. The Morgan fingerprint density at radius 3 is 2.84 bits per heavy atom. The van der Waals surface area contributed by atoms with Gasteiger partial charge in [0.05, 0.1) is 0 Å². The fourth-order valence-electron chi connectivity index (χ4n) is 2.21. The minimum atomic E-state index is 0.335. The molecule has 0 saturated carbocycles. The van der Waals surface area contributed by atoms with E-state index in [4.69, 9.17) is 10.6 Å². The maximum atomic E-state index is 6.13. The average molecular weight is 259 g/mol. The molecular weight excluding hydrogens is 238 g/mol. The third-order valence-electron chi connectivity index (χ3n) is 3.33. The molecule has 2 rings (SSSR count). The zero-order valence-electron chi connectivity index (χ0n) is 11.4. The Morgan fingerprint density at radius 1 is 1.47 bits per heavy atom. The Labute approximate surface area is 114 Å². The number of hydrogen-bond donors (Lipinski definition) is 1. The van der Waals surface area contributed by atoms with Gasteiger partial charge in [-0.3, -0.25) is 4.98 Å². The predicted octanol–water partition coefficient (Wildman–Crippen LogP) is 2.27. The van der Waals surface area contributed by atoms with E-state index in [0.717, 1.165) is 42.8 Å². The van der Waals surface area contributed by atoms with Gasteiger partial charge in [0, 0.05) is 43.4 Å². The van der Waals surface area contributed by atoms with Gasteiger partial charge in [-0.1, -0.05) is 12.7 Å². The van der Waals surface area contributed by atoms with Crippen LogP contribution in [0, 0.1) is 6.92 Å². The molecule has 0 aromatic carbocycles. The summed E-state index contributed by atoms with van der Waals surface area (Å²) >= 11 is 0. The Kier molecular flexibility index (Phi) is 4.71. The third-order valence-corrected chi connectivity index (χ3v) is 3.33. The zero-order chi connectivity index (χ0) is 13.7. The molecule has 0 atom stereocenters. The molecule has 2 N–H and O–H groups in total. The number of hydrazine groups is 1. The molecule has 2 heterocycles. The Morgan fingerprint density at radius 2 is 2.21 bits per heavy atom. The second kappa shape index (κ2) is 6.50. The lowest BCUT2D eigenvalue weighted by Crippen LogP contribution is -2.40. The van der Waals surface area contributed by atoms with Crippen LogP contribution in [-0.2, 0) is 4.74 Å². The van der Waals surface area contributed by atoms with Gasteiger partial charge in [-0.15, -0.1) is 0 Å². The molecule has 1 fully saturated rings. The molecule has 4 nitrogen and oxygen atoms in total. The molecule has 19 heavy (non-hydrogen) atoms. The maximum absolute atomic E-state index is 6.13. The van der Waals surface area contributed by atoms with Crippen LogP contribution >= 0.6 is 0 Å². The van der Waals surface area contributed by atoms with Gasteiger partial charge in [-0.05, 0) is 37.0 Å². The number of ether oxygens (including phenoxy) is 1. The van der Waals surface area contributed by atoms with Gasteiger partial charge in [-0.2, -0.15) is 0 Å². The van der Waals surface area contributed by atoms with Crippen LogP contribution in [0.3, 0.4) is 0 Å². The van der Waals surface area contributed by atoms with E-state index < -0.39 is 0 Å². The van der Waals surface area contributed by atoms with Crippen LogP contribution in [0.15, 0.2) is 37.3 Å². The number of hydrogen-bond acceptors (Lipinski definition) is 4. The summed E-state index contributed by atoms with van der Waals surface area (Å²) < 4.78 is 5.35. The van der Waals surface area contributed by atoms with Crippen molar-refractivity contribution >= 4 is 5.57 Å². The molecular formula is C15H21N3O. The molecule has 1 saturated heterocycles. The van der Waals surface area contributed by atoms with Crippen LogP contribution in [-0.4, -0.2) is 29.2 Å². The molecule has 1 aliphatic rings. The number of rotatable bonds is 4. The number of nitrogens with two attached hydrogens (primary N) is 1. The third kappa shape index (κ3) is 3.66. The first-order valence-electron chi connectivity index (χ1n) is 6.58. The smallest absolute Gasteiger partial charge is 0.0489 e. The first-order chi connectivity index (χ1) is 9.20. The van der Waals surface area contributed by atoms with Crippen molar-refractivity contribution in [2.24, 2.45) is 5.84 Å². The van der Waals surface area contributed by atoms with Gasteiger partial charge in [-0.25, -0.2) is 5.84 Å². The van der Waals surface area contributed by atoms with Gasteiger partial charge in [0.2, 0.25) is 0 Å². The minimum Gasteiger partial charge on any atom is -0.381 e. The maximum Gasteiger partial charge on any atom is 0.0489 e. The summed E-state index contributed by atoms with van der Waals surface area (Å²) in [6, 6.07) is 2.42. The highest BCUT2D eigenvalue weighted by atomic mass is 16.5. The van der Waals surface area contributed by atoms with E-state index in [1.54, 1.807) is 5.01 Å². The zero-order valence-corrected chi connectivity index (χ0v) is 11.4. The lowest BCUT2D eigenvalue weighted by molar-refractivity contribution is 0.0496. The van der Waals surface area contributed by atoms with Crippen molar-refractivity contribution in [1.82, 2.24) is 9.99 Å². The van der Waals surface area contributed by atoms with Crippen LogP contribution in [0.25, 0.3) is 5.57 Å². The van der Waals surface area contributed by atoms with E-state index in [1.807, 2.05) is 31.6 Å². The van der Waals surface area contributed by atoms with Crippen LogP contribution in [0.5, 0.6) is 0 Å². The molecule has 1 aliphatic heterocycles. The van der Waals surface area contributed by atoms with E-state index in [1.165, 1.54) is 0 Å². The van der Waals surface area contributed by atoms with Crippen LogP contribution in [0.2, 0.25) is 0 Å². The van der Waals surface area contributed by atoms with Gasteiger partial charge < -0.3 is 9.75 Å². The average Bonchev–Trinajstić information content (AvgIpc) is 2.45. The van der Waals surface area contributed by atoms with Gasteiger partial charge in [0.25, 0.3) is 0 Å². The standard InChI is InChI=1S/C15H21N3O/c1-3-13(14-8-12(2)9-17-10-14)11-18(16)15-4-6-19-7-5-15/h3,8-11,15H,1,4-7,16H2,2H3/b13-11+. The van der Waals surface area contributed by atoms with Crippen molar-refractivity contribution in [2.45, 2.75) is 25.8 Å². The van der Waals surface area contributed by atoms with Crippen LogP contribution in [0.4, 0.5) is 0 Å². The molecule has 1 aromatic heterocycles. The molecule has 0 unspecified atom stereocenters. The fraction of sp³-hybridized carbons (Fsp3) is 0.400. The normalized spacial score (nSPS) is 17.3. The second-order valence-electron chi connectivity index (χ2n) is 4.83. The molecule has 4 heteroatoms. The summed E-state index contributed by atoms with van der Waals surface area (Å²) in [6.45, 7) is 7.44. The minimum absolute atomic E-state index is 0.335. The fourth-order valence-corrected chi connectivity index (χ4v) is 2.21. The van der Waals surface area contributed by atoms with E-state index in [0.29, 0.717) is 6.04 Å². The van der Waals surface area contributed by atoms with Crippen molar-refractivity contribution < 1.29 is 4.74 Å². The van der Waals surface area contributed by atoms with Crippen LogP contribution in [0.1, 0.15) is 24.0 Å². The topological polar surface area (TPSA) is 51.4 Å². The molecule has 102 valence electrons. The second-order valence-corrected chi connectivity index (χ2v) is 4.83. The molecule has 0 spiro atoms. The van der Waals surface area contributed by atoms with Crippen molar-refractivity contribution in [3.05, 3.63) is 48.4 Å².